The molecule has 4 aromatic rings. The molecule has 0 aliphatic carbocycles. The molecule has 4 rings (SSSR count). The van der Waals surface area contributed by atoms with E-state index in [0.717, 1.165) is 28.8 Å². The lowest BCUT2D eigenvalue weighted by Crippen LogP contribution is -2.34. The van der Waals surface area contributed by atoms with Gasteiger partial charge in [-0.1, -0.05) is 26.0 Å². The smallest absolute Gasteiger partial charge is 0.257 e. The van der Waals surface area contributed by atoms with Crippen LogP contribution in [-0.4, -0.2) is 22.6 Å². The SMILES string of the molecule is CCOc1cccc(C(=O)NC(=S)Nc2ccc(-c3nc4cc([C@H](C)CC)ccc4o3)cc2)c1. The number of benzene rings is 3. The molecule has 0 radical (unpaired) electrons. The van der Waals surface area contributed by atoms with E-state index in [1.165, 1.54) is 5.56 Å². The zero-order chi connectivity index (χ0) is 24.1. The summed E-state index contributed by atoms with van der Waals surface area (Å²) in [6.07, 6.45) is 1.08. The number of ether oxygens (including phenoxy) is 1. The van der Waals surface area contributed by atoms with Crippen molar-refractivity contribution in [3.05, 3.63) is 77.9 Å². The Bertz CT molecular complexity index is 1310. The molecule has 0 bridgehead atoms. The number of amides is 1. The van der Waals surface area contributed by atoms with E-state index in [4.69, 9.17) is 21.4 Å². The monoisotopic (exact) mass is 473 g/mol. The van der Waals surface area contributed by atoms with Crippen molar-refractivity contribution in [1.82, 2.24) is 10.3 Å². The van der Waals surface area contributed by atoms with Crippen LogP contribution in [0, 0.1) is 0 Å². The lowest BCUT2D eigenvalue weighted by atomic mass is 9.98. The minimum atomic E-state index is -0.307. The molecule has 1 heterocycles. The van der Waals surface area contributed by atoms with Crippen LogP contribution in [0.3, 0.4) is 0 Å². The number of oxazole rings is 1. The van der Waals surface area contributed by atoms with Gasteiger partial charge in [0.15, 0.2) is 10.7 Å². The summed E-state index contributed by atoms with van der Waals surface area (Å²) in [4.78, 5) is 17.2. The average molecular weight is 474 g/mol. The second kappa shape index (κ2) is 10.5. The first-order chi connectivity index (χ1) is 16.5. The number of aromatic nitrogens is 1. The van der Waals surface area contributed by atoms with Crippen molar-refractivity contribution < 1.29 is 13.9 Å². The molecule has 1 amide bonds. The van der Waals surface area contributed by atoms with Crippen LogP contribution in [0.1, 0.15) is 49.0 Å². The van der Waals surface area contributed by atoms with Gasteiger partial charge in [-0.25, -0.2) is 4.98 Å². The molecular weight excluding hydrogens is 446 g/mol. The van der Waals surface area contributed by atoms with E-state index in [0.29, 0.717) is 29.7 Å². The lowest BCUT2D eigenvalue weighted by Gasteiger charge is -2.10. The number of hydrogen-bond donors (Lipinski definition) is 2. The predicted octanol–water partition coefficient (Wildman–Crippen LogP) is 6.53. The Morgan fingerprint density at radius 3 is 2.62 bits per heavy atom. The highest BCUT2D eigenvalue weighted by molar-refractivity contribution is 7.80. The standard InChI is InChI=1S/C27H27N3O3S/c1-4-17(3)19-11-14-24-23(16-19)29-26(33-24)18-9-12-21(13-10-18)28-27(34)30-25(31)20-7-6-8-22(15-20)32-5-2/h6-17H,4-5H2,1-3H3,(H2,28,30,31,34)/t17-/m1/s1. The summed E-state index contributed by atoms with van der Waals surface area (Å²) in [6.45, 7) is 6.81. The molecule has 6 nitrogen and oxygen atoms in total. The van der Waals surface area contributed by atoms with Crippen molar-refractivity contribution in [3.8, 4) is 17.2 Å². The van der Waals surface area contributed by atoms with Crippen LogP contribution in [0.2, 0.25) is 0 Å². The molecule has 0 saturated carbocycles. The largest absolute Gasteiger partial charge is 0.494 e. The molecular formula is C27H27N3O3S. The zero-order valence-electron chi connectivity index (χ0n) is 19.4. The van der Waals surface area contributed by atoms with E-state index >= 15 is 0 Å². The van der Waals surface area contributed by atoms with E-state index in [1.54, 1.807) is 24.3 Å². The molecule has 1 atom stereocenters. The fourth-order valence-corrected chi connectivity index (χ4v) is 3.75. The average Bonchev–Trinajstić information content (AvgIpc) is 3.27. The van der Waals surface area contributed by atoms with Crippen LogP contribution in [0.15, 0.2) is 71.1 Å². The number of carbonyl (C=O) groups is 1. The Morgan fingerprint density at radius 2 is 1.88 bits per heavy atom. The van der Waals surface area contributed by atoms with Gasteiger partial charge in [0.2, 0.25) is 5.89 Å². The normalized spacial score (nSPS) is 11.7. The van der Waals surface area contributed by atoms with Crippen molar-refractivity contribution in [2.24, 2.45) is 0 Å². The van der Waals surface area contributed by atoms with Gasteiger partial charge in [-0.3, -0.25) is 10.1 Å². The van der Waals surface area contributed by atoms with Crippen molar-refractivity contribution in [1.29, 1.82) is 0 Å². The summed E-state index contributed by atoms with van der Waals surface area (Å²) in [5.74, 6) is 1.37. The van der Waals surface area contributed by atoms with Crippen LogP contribution in [0.25, 0.3) is 22.6 Å². The number of fused-ring (bicyclic) bond motifs is 1. The van der Waals surface area contributed by atoms with E-state index in [-0.39, 0.29) is 11.0 Å². The van der Waals surface area contributed by atoms with Crippen LogP contribution in [0.5, 0.6) is 5.75 Å². The molecule has 1 aromatic heterocycles. The summed E-state index contributed by atoms with van der Waals surface area (Å²) in [6, 6.07) is 20.7. The van der Waals surface area contributed by atoms with E-state index in [2.05, 4.69) is 41.6 Å². The Hall–Kier alpha value is -3.71. The summed E-state index contributed by atoms with van der Waals surface area (Å²) < 4.78 is 11.4. The first-order valence-corrected chi connectivity index (χ1v) is 11.7. The summed E-state index contributed by atoms with van der Waals surface area (Å²) in [5, 5.41) is 5.93. The van der Waals surface area contributed by atoms with E-state index in [9.17, 15) is 4.79 Å². The molecule has 0 fully saturated rings. The van der Waals surface area contributed by atoms with Gasteiger partial charge in [-0.15, -0.1) is 0 Å². The van der Waals surface area contributed by atoms with Gasteiger partial charge in [0.25, 0.3) is 5.91 Å². The second-order valence-corrected chi connectivity index (χ2v) is 8.41. The van der Waals surface area contributed by atoms with E-state index < -0.39 is 0 Å². The predicted molar refractivity (Wildman–Crippen MR) is 139 cm³/mol. The second-order valence-electron chi connectivity index (χ2n) is 8.00. The fourth-order valence-electron chi connectivity index (χ4n) is 3.54. The first kappa shape index (κ1) is 23.4. The molecule has 0 aliphatic heterocycles. The molecule has 3 aromatic carbocycles. The zero-order valence-corrected chi connectivity index (χ0v) is 20.2. The Morgan fingerprint density at radius 1 is 1.09 bits per heavy atom. The summed E-state index contributed by atoms with van der Waals surface area (Å²) >= 11 is 5.30. The highest BCUT2D eigenvalue weighted by Gasteiger charge is 2.12. The third-order valence-corrected chi connectivity index (χ3v) is 5.82. The molecule has 7 heteroatoms. The van der Waals surface area contributed by atoms with Crippen molar-refractivity contribution in [2.45, 2.75) is 33.1 Å². The van der Waals surface area contributed by atoms with Crippen molar-refractivity contribution in [3.63, 3.8) is 0 Å². The minimum absolute atomic E-state index is 0.207. The van der Waals surface area contributed by atoms with Crippen molar-refractivity contribution >= 4 is 40.0 Å². The maximum Gasteiger partial charge on any atom is 0.257 e. The van der Waals surface area contributed by atoms with Gasteiger partial charge >= 0.3 is 0 Å². The quantitative estimate of drug-likeness (QED) is 0.297. The summed E-state index contributed by atoms with van der Waals surface area (Å²) in [7, 11) is 0. The molecule has 0 spiro atoms. The van der Waals surface area contributed by atoms with Gasteiger partial charge in [0, 0.05) is 16.8 Å². The van der Waals surface area contributed by atoms with Gasteiger partial charge in [-0.05, 0) is 91.6 Å². The van der Waals surface area contributed by atoms with Crippen LogP contribution < -0.4 is 15.4 Å². The molecule has 0 unspecified atom stereocenters. The van der Waals surface area contributed by atoms with E-state index in [1.807, 2.05) is 37.3 Å². The van der Waals surface area contributed by atoms with Crippen molar-refractivity contribution in [2.75, 3.05) is 11.9 Å². The highest BCUT2D eigenvalue weighted by atomic mass is 32.1. The molecule has 174 valence electrons. The number of carbonyl (C=O) groups excluding carboxylic acids is 1. The molecule has 2 N–H and O–H groups in total. The van der Waals surface area contributed by atoms with Crippen LogP contribution in [0.4, 0.5) is 5.69 Å². The third kappa shape index (κ3) is 5.43. The van der Waals surface area contributed by atoms with Crippen LogP contribution >= 0.6 is 12.2 Å². The maximum atomic E-state index is 12.5. The van der Waals surface area contributed by atoms with Crippen LogP contribution in [-0.2, 0) is 0 Å². The third-order valence-electron chi connectivity index (χ3n) is 5.62. The number of nitrogens with one attached hydrogen (secondary N) is 2. The molecule has 34 heavy (non-hydrogen) atoms. The first-order valence-electron chi connectivity index (χ1n) is 11.3. The molecule has 0 saturated heterocycles. The van der Waals surface area contributed by atoms with Gasteiger partial charge in [-0.2, -0.15) is 0 Å². The Kier molecular flexibility index (Phi) is 7.23. The Labute approximate surface area is 204 Å². The highest BCUT2D eigenvalue weighted by Crippen LogP contribution is 2.28. The molecule has 0 aliphatic rings. The lowest BCUT2D eigenvalue weighted by molar-refractivity contribution is 0.0977. The minimum Gasteiger partial charge on any atom is -0.494 e. The van der Waals surface area contributed by atoms with Gasteiger partial charge < -0.3 is 14.5 Å². The Balaban J connectivity index is 1.41. The fraction of sp³-hybridized carbons (Fsp3) is 0.222. The number of hydrogen-bond acceptors (Lipinski definition) is 5. The number of anilines is 1. The number of rotatable bonds is 7. The van der Waals surface area contributed by atoms with Gasteiger partial charge in [0.1, 0.15) is 11.3 Å². The topological polar surface area (TPSA) is 76.4 Å². The summed E-state index contributed by atoms with van der Waals surface area (Å²) in [5.41, 5.74) is 4.95. The van der Waals surface area contributed by atoms with Gasteiger partial charge in [0.05, 0.1) is 6.61 Å². The number of nitrogens with zero attached hydrogens (tertiary/aromatic N) is 1. The number of thiocarbonyl (C=S) groups is 1. The maximum absolute atomic E-state index is 12.5.